The molecule has 0 aliphatic rings. The molecule has 1 heterocycles. The number of amides is 1. The van der Waals surface area contributed by atoms with Crippen molar-refractivity contribution in [1.29, 1.82) is 0 Å². The Labute approximate surface area is 161 Å². The van der Waals surface area contributed by atoms with Crippen molar-refractivity contribution in [3.05, 3.63) is 46.7 Å². The van der Waals surface area contributed by atoms with E-state index in [0.29, 0.717) is 22.8 Å². The predicted octanol–water partition coefficient (Wildman–Crippen LogP) is 2.23. The first-order chi connectivity index (χ1) is 13.0. The maximum absolute atomic E-state index is 12.0. The molecular weight excluding hydrogens is 376 g/mol. The molecule has 2 rings (SSSR count). The van der Waals surface area contributed by atoms with Gasteiger partial charge >= 0.3 is 5.97 Å². The molecule has 1 amide bonds. The van der Waals surface area contributed by atoms with Crippen LogP contribution >= 0.6 is 11.6 Å². The van der Waals surface area contributed by atoms with E-state index in [2.05, 4.69) is 10.3 Å². The highest BCUT2D eigenvalue weighted by Gasteiger charge is 2.14. The molecule has 0 aliphatic heterocycles. The number of nitrogens with one attached hydrogen (secondary N) is 1. The number of carbonyl (C=O) groups excluding carboxylic acids is 2. The predicted molar refractivity (Wildman–Crippen MR) is 97.5 cm³/mol. The van der Waals surface area contributed by atoms with Gasteiger partial charge in [0.05, 0.1) is 26.9 Å². The molecule has 0 fully saturated rings. The Kier molecular flexibility index (Phi) is 7.25. The van der Waals surface area contributed by atoms with Crippen LogP contribution in [0.25, 0.3) is 0 Å². The van der Waals surface area contributed by atoms with E-state index in [0.717, 1.165) is 0 Å². The SMILES string of the molecule is COc1cc(OC)c(OC)cc1CNC(=O)COC(=O)c1ccc(Cl)nc1. The van der Waals surface area contributed by atoms with Gasteiger partial charge in [-0.25, -0.2) is 9.78 Å². The van der Waals surface area contributed by atoms with Crippen molar-refractivity contribution in [2.24, 2.45) is 0 Å². The number of nitrogens with zero attached hydrogens (tertiary/aromatic N) is 1. The van der Waals surface area contributed by atoms with Crippen LogP contribution in [0.2, 0.25) is 5.15 Å². The standard InChI is InChI=1S/C18H19ClN2O6/c1-24-13-7-15(26-3)14(25-2)6-12(13)9-21-17(22)10-27-18(23)11-4-5-16(19)20-8-11/h4-8H,9-10H2,1-3H3,(H,21,22). The second-order valence-electron chi connectivity index (χ2n) is 5.24. The minimum Gasteiger partial charge on any atom is -0.496 e. The Morgan fingerprint density at radius 1 is 1.04 bits per heavy atom. The van der Waals surface area contributed by atoms with Crippen LogP contribution in [0.1, 0.15) is 15.9 Å². The molecule has 9 heteroatoms. The molecule has 1 aromatic heterocycles. The molecule has 0 aliphatic carbocycles. The second kappa shape index (κ2) is 9.63. The fraction of sp³-hybridized carbons (Fsp3) is 0.278. The first kappa shape index (κ1) is 20.3. The quantitative estimate of drug-likeness (QED) is 0.541. The van der Waals surface area contributed by atoms with Gasteiger partial charge in [-0.05, 0) is 18.2 Å². The lowest BCUT2D eigenvalue weighted by atomic mass is 10.1. The van der Waals surface area contributed by atoms with Gasteiger partial charge in [0.15, 0.2) is 18.1 Å². The van der Waals surface area contributed by atoms with Crippen LogP contribution in [0.4, 0.5) is 0 Å². The Bertz CT molecular complexity index is 810. The largest absolute Gasteiger partial charge is 0.496 e. The topological polar surface area (TPSA) is 96.0 Å². The third-order valence-corrected chi connectivity index (χ3v) is 3.78. The van der Waals surface area contributed by atoms with Crippen molar-refractivity contribution in [2.45, 2.75) is 6.54 Å². The first-order valence-electron chi connectivity index (χ1n) is 7.82. The summed E-state index contributed by atoms with van der Waals surface area (Å²) in [4.78, 5) is 27.6. The smallest absolute Gasteiger partial charge is 0.340 e. The fourth-order valence-corrected chi connectivity index (χ4v) is 2.30. The van der Waals surface area contributed by atoms with Crippen LogP contribution in [0, 0.1) is 0 Å². The van der Waals surface area contributed by atoms with Crippen LogP contribution < -0.4 is 19.5 Å². The van der Waals surface area contributed by atoms with Gasteiger partial charge in [-0.1, -0.05) is 11.6 Å². The van der Waals surface area contributed by atoms with Gasteiger partial charge in [-0.15, -0.1) is 0 Å². The molecule has 27 heavy (non-hydrogen) atoms. The minimum absolute atomic E-state index is 0.155. The molecule has 0 spiro atoms. The number of halogens is 1. The van der Waals surface area contributed by atoms with Gasteiger partial charge in [0.25, 0.3) is 5.91 Å². The van der Waals surface area contributed by atoms with Gasteiger partial charge in [0.1, 0.15) is 10.9 Å². The van der Waals surface area contributed by atoms with Crippen molar-refractivity contribution >= 4 is 23.5 Å². The van der Waals surface area contributed by atoms with Crippen LogP contribution in [0.3, 0.4) is 0 Å². The van der Waals surface area contributed by atoms with Crippen molar-refractivity contribution in [2.75, 3.05) is 27.9 Å². The Morgan fingerprint density at radius 3 is 2.30 bits per heavy atom. The van der Waals surface area contributed by atoms with Crippen LogP contribution in [-0.2, 0) is 16.1 Å². The summed E-state index contributed by atoms with van der Waals surface area (Å²) >= 11 is 5.65. The highest BCUT2D eigenvalue weighted by atomic mass is 35.5. The molecule has 2 aromatic rings. The third kappa shape index (κ3) is 5.49. The van der Waals surface area contributed by atoms with E-state index in [4.69, 9.17) is 30.5 Å². The zero-order chi connectivity index (χ0) is 19.8. The summed E-state index contributed by atoms with van der Waals surface area (Å²) in [5, 5.41) is 2.91. The maximum atomic E-state index is 12.0. The van der Waals surface area contributed by atoms with Crippen molar-refractivity contribution in [1.82, 2.24) is 10.3 Å². The van der Waals surface area contributed by atoms with Gasteiger partial charge < -0.3 is 24.3 Å². The van der Waals surface area contributed by atoms with Crippen molar-refractivity contribution in [3.63, 3.8) is 0 Å². The van der Waals surface area contributed by atoms with E-state index in [1.807, 2.05) is 0 Å². The zero-order valence-electron chi connectivity index (χ0n) is 15.1. The fourth-order valence-electron chi connectivity index (χ4n) is 2.19. The summed E-state index contributed by atoms with van der Waals surface area (Å²) < 4.78 is 20.7. The van der Waals surface area contributed by atoms with E-state index in [1.165, 1.54) is 39.7 Å². The number of hydrogen-bond donors (Lipinski definition) is 1. The Hall–Kier alpha value is -3.00. The average Bonchev–Trinajstić information content (AvgIpc) is 2.70. The number of aromatic nitrogens is 1. The molecule has 8 nitrogen and oxygen atoms in total. The summed E-state index contributed by atoms with van der Waals surface area (Å²) in [6, 6.07) is 6.28. The molecule has 144 valence electrons. The Morgan fingerprint density at radius 2 is 1.70 bits per heavy atom. The number of methoxy groups -OCH3 is 3. The number of pyridine rings is 1. The lowest BCUT2D eigenvalue weighted by molar-refractivity contribution is -0.124. The second-order valence-corrected chi connectivity index (χ2v) is 5.63. The third-order valence-electron chi connectivity index (χ3n) is 3.56. The first-order valence-corrected chi connectivity index (χ1v) is 8.20. The van der Waals surface area contributed by atoms with E-state index in [9.17, 15) is 9.59 Å². The number of rotatable bonds is 8. The summed E-state index contributed by atoms with van der Waals surface area (Å²) in [5.41, 5.74) is 0.880. The number of ether oxygens (including phenoxy) is 4. The van der Waals surface area contributed by atoms with E-state index < -0.39 is 18.5 Å². The van der Waals surface area contributed by atoms with Crippen molar-refractivity contribution < 1.29 is 28.5 Å². The zero-order valence-corrected chi connectivity index (χ0v) is 15.8. The lowest BCUT2D eigenvalue weighted by Crippen LogP contribution is -2.28. The molecular formula is C18H19ClN2O6. The Balaban J connectivity index is 1.93. The monoisotopic (exact) mass is 394 g/mol. The molecule has 0 saturated carbocycles. The van der Waals surface area contributed by atoms with Gasteiger partial charge in [0, 0.05) is 24.4 Å². The summed E-state index contributed by atoms with van der Waals surface area (Å²) in [6.07, 6.45) is 1.27. The number of carbonyl (C=O) groups is 2. The van der Waals surface area contributed by atoms with Crippen molar-refractivity contribution in [3.8, 4) is 17.2 Å². The van der Waals surface area contributed by atoms with Crippen LogP contribution in [0.5, 0.6) is 17.2 Å². The van der Waals surface area contributed by atoms with Crippen LogP contribution in [-0.4, -0.2) is 44.8 Å². The molecule has 0 atom stereocenters. The van der Waals surface area contributed by atoms with Gasteiger partial charge in [-0.3, -0.25) is 4.79 Å². The highest BCUT2D eigenvalue weighted by Crippen LogP contribution is 2.34. The van der Waals surface area contributed by atoms with E-state index in [-0.39, 0.29) is 17.3 Å². The average molecular weight is 395 g/mol. The van der Waals surface area contributed by atoms with Gasteiger partial charge in [-0.2, -0.15) is 0 Å². The molecule has 0 unspecified atom stereocenters. The highest BCUT2D eigenvalue weighted by molar-refractivity contribution is 6.29. The molecule has 1 N–H and O–H groups in total. The summed E-state index contributed by atoms with van der Waals surface area (Å²) in [7, 11) is 4.54. The number of benzene rings is 1. The molecule has 0 radical (unpaired) electrons. The van der Waals surface area contributed by atoms with E-state index >= 15 is 0 Å². The van der Waals surface area contributed by atoms with E-state index in [1.54, 1.807) is 12.1 Å². The summed E-state index contributed by atoms with van der Waals surface area (Å²) in [5.74, 6) is 0.399. The normalized spacial score (nSPS) is 10.1. The maximum Gasteiger partial charge on any atom is 0.340 e. The number of hydrogen-bond acceptors (Lipinski definition) is 7. The van der Waals surface area contributed by atoms with Gasteiger partial charge in [0.2, 0.25) is 0 Å². The minimum atomic E-state index is -0.669. The van der Waals surface area contributed by atoms with Crippen LogP contribution in [0.15, 0.2) is 30.5 Å². The molecule has 0 saturated heterocycles. The molecule has 0 bridgehead atoms. The number of esters is 1. The molecule has 1 aromatic carbocycles. The summed E-state index contributed by atoms with van der Waals surface area (Å²) in [6.45, 7) is -0.278. The lowest BCUT2D eigenvalue weighted by Gasteiger charge is -2.14.